The molecule has 4 heteroatoms. The van der Waals surface area contributed by atoms with Crippen molar-refractivity contribution >= 4 is 22.7 Å². The smallest absolute Gasteiger partial charge is 0.142 e. The minimum Gasteiger partial charge on any atom is -0.243 e. The van der Waals surface area contributed by atoms with Gasteiger partial charge in [0.1, 0.15) is 10.7 Å². The second-order valence-electron chi connectivity index (χ2n) is 3.80. The molecular weight excluding hydrogens is 236 g/mol. The highest BCUT2D eigenvalue weighted by Crippen LogP contribution is 2.31. The van der Waals surface area contributed by atoms with Crippen molar-refractivity contribution in [3.63, 3.8) is 0 Å². The summed E-state index contributed by atoms with van der Waals surface area (Å²) in [5, 5.41) is 6.44. The van der Waals surface area contributed by atoms with E-state index in [4.69, 9.17) is 4.98 Å². The third-order valence-electron chi connectivity index (χ3n) is 2.65. The zero-order chi connectivity index (χ0) is 11.4. The highest BCUT2D eigenvalue weighted by Gasteiger charge is 2.14. The Kier molecular flexibility index (Phi) is 4.07. The van der Waals surface area contributed by atoms with E-state index in [1.807, 2.05) is 11.6 Å². The van der Waals surface area contributed by atoms with Gasteiger partial charge in [0.2, 0.25) is 0 Å². The van der Waals surface area contributed by atoms with E-state index < -0.39 is 0 Å². The van der Waals surface area contributed by atoms with E-state index in [1.54, 1.807) is 22.7 Å². The molecule has 2 rings (SSSR count). The van der Waals surface area contributed by atoms with Crippen LogP contribution < -0.4 is 0 Å². The van der Waals surface area contributed by atoms with Gasteiger partial charge in [-0.1, -0.05) is 20.3 Å². The second kappa shape index (κ2) is 5.55. The molecule has 86 valence electrons. The van der Waals surface area contributed by atoms with Gasteiger partial charge in [-0.05, 0) is 12.8 Å². The molecule has 0 bridgehead atoms. The number of rotatable bonds is 5. The van der Waals surface area contributed by atoms with Crippen LogP contribution in [0.15, 0.2) is 17.0 Å². The fourth-order valence-corrected chi connectivity index (χ4v) is 3.47. The SMILES string of the molecule is CCCC(CC)c1nc(-c2nccs2)cs1. The third-order valence-corrected chi connectivity index (χ3v) is 4.46. The molecule has 0 saturated carbocycles. The highest BCUT2D eigenvalue weighted by molar-refractivity contribution is 7.14. The zero-order valence-electron chi connectivity index (χ0n) is 9.64. The van der Waals surface area contributed by atoms with Gasteiger partial charge in [-0.15, -0.1) is 22.7 Å². The molecular formula is C12H16N2S2. The Balaban J connectivity index is 2.18. The van der Waals surface area contributed by atoms with Gasteiger partial charge < -0.3 is 0 Å². The van der Waals surface area contributed by atoms with Crippen LogP contribution in [0.1, 0.15) is 44.0 Å². The van der Waals surface area contributed by atoms with E-state index in [2.05, 4.69) is 24.2 Å². The van der Waals surface area contributed by atoms with Gasteiger partial charge in [0.15, 0.2) is 0 Å². The van der Waals surface area contributed by atoms with Crippen molar-refractivity contribution in [2.45, 2.75) is 39.0 Å². The first-order chi connectivity index (χ1) is 7.85. The van der Waals surface area contributed by atoms with Crippen LogP contribution in [0.5, 0.6) is 0 Å². The van der Waals surface area contributed by atoms with Gasteiger partial charge in [-0.3, -0.25) is 0 Å². The summed E-state index contributed by atoms with van der Waals surface area (Å²) in [4.78, 5) is 9.00. The number of hydrogen-bond donors (Lipinski definition) is 0. The maximum absolute atomic E-state index is 4.71. The van der Waals surface area contributed by atoms with E-state index in [-0.39, 0.29) is 0 Å². The molecule has 2 aromatic rings. The van der Waals surface area contributed by atoms with Crippen LogP contribution in [0.25, 0.3) is 10.7 Å². The van der Waals surface area contributed by atoms with Crippen molar-refractivity contribution in [1.82, 2.24) is 9.97 Å². The molecule has 2 nitrogen and oxygen atoms in total. The van der Waals surface area contributed by atoms with E-state index in [0.29, 0.717) is 5.92 Å². The predicted octanol–water partition coefficient (Wildman–Crippen LogP) is 4.56. The fourth-order valence-electron chi connectivity index (χ4n) is 1.77. The standard InChI is InChI=1S/C12H16N2S2/c1-3-5-9(4-2)11-14-10(8-16-11)12-13-6-7-15-12/h6-9H,3-5H2,1-2H3. The molecule has 0 aliphatic carbocycles. The lowest BCUT2D eigenvalue weighted by atomic mass is 10.0. The van der Waals surface area contributed by atoms with Crippen molar-refractivity contribution in [1.29, 1.82) is 0 Å². The third kappa shape index (κ3) is 2.50. The molecule has 0 aliphatic heterocycles. The Labute approximate surface area is 104 Å². The first kappa shape index (κ1) is 11.7. The van der Waals surface area contributed by atoms with Crippen molar-refractivity contribution < 1.29 is 0 Å². The van der Waals surface area contributed by atoms with Crippen LogP contribution in [0.2, 0.25) is 0 Å². The molecule has 0 spiro atoms. The van der Waals surface area contributed by atoms with Crippen LogP contribution in [0.4, 0.5) is 0 Å². The van der Waals surface area contributed by atoms with Crippen LogP contribution in [0.3, 0.4) is 0 Å². The molecule has 2 heterocycles. The number of hydrogen-bond acceptors (Lipinski definition) is 4. The second-order valence-corrected chi connectivity index (χ2v) is 5.59. The quantitative estimate of drug-likeness (QED) is 0.779. The molecule has 2 aromatic heterocycles. The summed E-state index contributed by atoms with van der Waals surface area (Å²) in [6, 6.07) is 0. The Hall–Kier alpha value is -0.740. The number of thiazole rings is 2. The molecule has 0 aliphatic rings. The van der Waals surface area contributed by atoms with Gasteiger partial charge >= 0.3 is 0 Å². The normalized spacial score (nSPS) is 12.9. The zero-order valence-corrected chi connectivity index (χ0v) is 11.3. The summed E-state index contributed by atoms with van der Waals surface area (Å²) in [6.07, 6.45) is 5.48. The van der Waals surface area contributed by atoms with Crippen LogP contribution in [0, 0.1) is 0 Å². The molecule has 0 radical (unpaired) electrons. The predicted molar refractivity (Wildman–Crippen MR) is 71.2 cm³/mol. The summed E-state index contributed by atoms with van der Waals surface area (Å²) >= 11 is 3.43. The monoisotopic (exact) mass is 252 g/mol. The summed E-state index contributed by atoms with van der Waals surface area (Å²) in [5.74, 6) is 0.628. The molecule has 0 saturated heterocycles. The maximum Gasteiger partial charge on any atom is 0.142 e. The molecule has 0 aromatic carbocycles. The lowest BCUT2D eigenvalue weighted by molar-refractivity contribution is 0.593. The maximum atomic E-state index is 4.71. The van der Waals surface area contributed by atoms with E-state index in [0.717, 1.165) is 10.7 Å². The summed E-state index contributed by atoms with van der Waals surface area (Å²) in [5.41, 5.74) is 1.05. The summed E-state index contributed by atoms with van der Waals surface area (Å²) in [6.45, 7) is 4.47. The fraction of sp³-hybridized carbons (Fsp3) is 0.500. The van der Waals surface area contributed by atoms with Gasteiger partial charge in [-0.25, -0.2) is 9.97 Å². The van der Waals surface area contributed by atoms with E-state index in [9.17, 15) is 0 Å². The molecule has 0 N–H and O–H groups in total. The van der Waals surface area contributed by atoms with Crippen molar-refractivity contribution in [3.05, 3.63) is 22.0 Å². The van der Waals surface area contributed by atoms with Crippen molar-refractivity contribution in [2.24, 2.45) is 0 Å². The minimum atomic E-state index is 0.628. The van der Waals surface area contributed by atoms with Crippen LogP contribution >= 0.6 is 22.7 Å². The van der Waals surface area contributed by atoms with Crippen LogP contribution in [-0.4, -0.2) is 9.97 Å². The largest absolute Gasteiger partial charge is 0.243 e. The molecule has 0 fully saturated rings. The average molecular weight is 252 g/mol. The van der Waals surface area contributed by atoms with Gasteiger partial charge in [0.05, 0.1) is 5.01 Å². The molecule has 16 heavy (non-hydrogen) atoms. The average Bonchev–Trinajstić information content (AvgIpc) is 2.95. The Morgan fingerprint density at radius 1 is 1.31 bits per heavy atom. The van der Waals surface area contributed by atoms with Crippen LogP contribution in [-0.2, 0) is 0 Å². The molecule has 1 unspecified atom stereocenters. The lowest BCUT2D eigenvalue weighted by Gasteiger charge is -2.09. The van der Waals surface area contributed by atoms with E-state index in [1.165, 1.54) is 24.3 Å². The first-order valence-corrected chi connectivity index (χ1v) is 7.46. The van der Waals surface area contributed by atoms with E-state index >= 15 is 0 Å². The molecule has 1 atom stereocenters. The van der Waals surface area contributed by atoms with Crippen molar-refractivity contribution in [3.8, 4) is 10.7 Å². The number of aromatic nitrogens is 2. The van der Waals surface area contributed by atoms with Gasteiger partial charge in [0, 0.05) is 22.9 Å². The Bertz CT molecular complexity index is 420. The minimum absolute atomic E-state index is 0.628. The lowest BCUT2D eigenvalue weighted by Crippen LogP contribution is -1.95. The molecule has 0 amide bonds. The number of nitrogens with zero attached hydrogens (tertiary/aromatic N) is 2. The van der Waals surface area contributed by atoms with Gasteiger partial charge in [0.25, 0.3) is 0 Å². The summed E-state index contributed by atoms with van der Waals surface area (Å²) in [7, 11) is 0. The Morgan fingerprint density at radius 3 is 2.81 bits per heavy atom. The highest BCUT2D eigenvalue weighted by atomic mass is 32.1. The topological polar surface area (TPSA) is 25.8 Å². The van der Waals surface area contributed by atoms with Gasteiger partial charge in [-0.2, -0.15) is 0 Å². The van der Waals surface area contributed by atoms with Crippen molar-refractivity contribution in [2.75, 3.05) is 0 Å². The Morgan fingerprint density at radius 2 is 2.19 bits per heavy atom. The first-order valence-electron chi connectivity index (χ1n) is 5.70. The summed E-state index contributed by atoms with van der Waals surface area (Å²) < 4.78 is 0.